The van der Waals surface area contributed by atoms with E-state index >= 15 is 0 Å². The molecule has 1 saturated heterocycles. The maximum Gasteiger partial charge on any atom is 0.00648 e. The molecule has 0 amide bonds. The predicted octanol–water partition coefficient (Wildman–Crippen LogP) is 1.00. The molecule has 0 aromatic rings. The summed E-state index contributed by atoms with van der Waals surface area (Å²) in [6.07, 6.45) is 1.36. The molecule has 0 radical (unpaired) electrons. The number of hydrogen-bond donors (Lipinski definition) is 1. The van der Waals surface area contributed by atoms with Crippen molar-refractivity contribution in [3.05, 3.63) is 0 Å². The van der Waals surface area contributed by atoms with Gasteiger partial charge < -0.3 is 5.32 Å². The van der Waals surface area contributed by atoms with Crippen molar-refractivity contribution in [3.63, 3.8) is 0 Å². The number of rotatable bonds is 0. The minimum Gasteiger partial charge on any atom is -0.314 e. The van der Waals surface area contributed by atoms with Gasteiger partial charge in [0.25, 0.3) is 0 Å². The van der Waals surface area contributed by atoms with Crippen LogP contribution >= 0.6 is 0 Å². The van der Waals surface area contributed by atoms with Gasteiger partial charge in [-0.15, -0.1) is 0 Å². The van der Waals surface area contributed by atoms with Gasteiger partial charge in [0.05, 0.1) is 0 Å². The molecule has 1 heteroatoms. The largest absolute Gasteiger partial charge is 0.314 e. The molecule has 42 valence electrons. The Kier molecular flexibility index (Phi) is 1.33. The molecule has 0 spiro atoms. The number of hydrogen-bond acceptors (Lipinski definition) is 1. The molecule has 1 aliphatic rings. The van der Waals surface area contributed by atoms with Crippen molar-refractivity contribution in [1.82, 2.24) is 5.32 Å². The molecule has 1 fully saturated rings. The van der Waals surface area contributed by atoms with E-state index in [-0.39, 0.29) is 0 Å². The van der Waals surface area contributed by atoms with Crippen LogP contribution in [0.1, 0.15) is 20.3 Å². The van der Waals surface area contributed by atoms with E-state index in [0.29, 0.717) is 0 Å². The Morgan fingerprint density at radius 3 is 2.29 bits per heavy atom. The molecule has 1 rings (SSSR count). The summed E-state index contributed by atoms with van der Waals surface area (Å²) in [5.41, 5.74) is 0. The van der Waals surface area contributed by atoms with Crippen LogP contribution in [0.2, 0.25) is 0 Å². The summed E-state index contributed by atoms with van der Waals surface area (Å²) in [6.45, 7) is 5.77. The molecule has 1 heterocycles. The van der Waals surface area contributed by atoms with E-state index in [1.54, 1.807) is 0 Å². The molecule has 0 bridgehead atoms. The van der Waals surface area contributed by atoms with E-state index in [1.165, 1.54) is 13.0 Å². The SMILES string of the molecule is C[C@H]1CCN[C@@H]1C. The first kappa shape index (κ1) is 5.10. The highest BCUT2D eigenvalue weighted by atomic mass is 14.9. The van der Waals surface area contributed by atoms with Crippen LogP contribution in [0.3, 0.4) is 0 Å². The second kappa shape index (κ2) is 1.83. The first-order valence-corrected chi connectivity index (χ1v) is 3.04. The fourth-order valence-electron chi connectivity index (χ4n) is 0.990. The van der Waals surface area contributed by atoms with Crippen molar-refractivity contribution in [1.29, 1.82) is 0 Å². The van der Waals surface area contributed by atoms with Gasteiger partial charge in [0, 0.05) is 6.04 Å². The average molecular weight is 99.2 g/mol. The van der Waals surface area contributed by atoms with Crippen molar-refractivity contribution < 1.29 is 0 Å². The summed E-state index contributed by atoms with van der Waals surface area (Å²) in [6, 6.07) is 0.764. The van der Waals surface area contributed by atoms with Gasteiger partial charge in [-0.1, -0.05) is 6.92 Å². The zero-order valence-corrected chi connectivity index (χ0v) is 5.07. The third-order valence-corrected chi connectivity index (χ3v) is 1.92. The van der Waals surface area contributed by atoms with E-state index in [4.69, 9.17) is 0 Å². The fraction of sp³-hybridized carbons (Fsp3) is 1.00. The zero-order valence-electron chi connectivity index (χ0n) is 5.07. The van der Waals surface area contributed by atoms with E-state index in [2.05, 4.69) is 19.2 Å². The monoisotopic (exact) mass is 99.1 g/mol. The van der Waals surface area contributed by atoms with E-state index in [1.807, 2.05) is 0 Å². The summed E-state index contributed by atoms with van der Waals surface area (Å²) in [4.78, 5) is 0. The molecule has 0 saturated carbocycles. The molecule has 7 heavy (non-hydrogen) atoms. The molecule has 0 aliphatic carbocycles. The smallest absolute Gasteiger partial charge is 0.00648 e. The van der Waals surface area contributed by atoms with Crippen LogP contribution in [0.4, 0.5) is 0 Å². The molecular formula is C6H13N. The van der Waals surface area contributed by atoms with Crippen LogP contribution in [0.5, 0.6) is 0 Å². The van der Waals surface area contributed by atoms with Gasteiger partial charge >= 0.3 is 0 Å². The summed E-state index contributed by atoms with van der Waals surface area (Å²) < 4.78 is 0. The van der Waals surface area contributed by atoms with Crippen molar-refractivity contribution in [2.75, 3.05) is 6.54 Å². The van der Waals surface area contributed by atoms with Crippen molar-refractivity contribution in [2.24, 2.45) is 5.92 Å². The van der Waals surface area contributed by atoms with Gasteiger partial charge in [0.2, 0.25) is 0 Å². The zero-order chi connectivity index (χ0) is 5.28. The van der Waals surface area contributed by atoms with Gasteiger partial charge in [0.15, 0.2) is 0 Å². The molecule has 0 unspecified atom stereocenters. The lowest BCUT2D eigenvalue weighted by Crippen LogP contribution is -2.20. The highest BCUT2D eigenvalue weighted by Gasteiger charge is 2.16. The first-order valence-electron chi connectivity index (χ1n) is 3.04. The van der Waals surface area contributed by atoms with E-state index < -0.39 is 0 Å². The van der Waals surface area contributed by atoms with Gasteiger partial charge in [-0.25, -0.2) is 0 Å². The molecule has 2 atom stereocenters. The summed E-state index contributed by atoms with van der Waals surface area (Å²) in [7, 11) is 0. The molecule has 0 aromatic carbocycles. The lowest BCUT2D eigenvalue weighted by molar-refractivity contribution is 0.519. The molecule has 1 nitrogen and oxygen atoms in total. The Balaban J connectivity index is 2.33. The lowest BCUT2D eigenvalue weighted by atomic mass is 10.1. The van der Waals surface area contributed by atoms with Crippen LogP contribution in [-0.2, 0) is 0 Å². The first-order chi connectivity index (χ1) is 3.30. The summed E-state index contributed by atoms with van der Waals surface area (Å²) >= 11 is 0. The second-order valence-corrected chi connectivity index (χ2v) is 2.51. The van der Waals surface area contributed by atoms with Crippen LogP contribution in [-0.4, -0.2) is 12.6 Å². The Morgan fingerprint density at radius 1 is 1.43 bits per heavy atom. The summed E-state index contributed by atoms with van der Waals surface area (Å²) in [5, 5.41) is 3.37. The highest BCUT2D eigenvalue weighted by Crippen LogP contribution is 2.12. The molecule has 1 N–H and O–H groups in total. The third-order valence-electron chi connectivity index (χ3n) is 1.92. The third kappa shape index (κ3) is 0.942. The van der Waals surface area contributed by atoms with Crippen LogP contribution < -0.4 is 5.32 Å². The van der Waals surface area contributed by atoms with Crippen LogP contribution in [0.25, 0.3) is 0 Å². The molecule has 0 aromatic heterocycles. The van der Waals surface area contributed by atoms with Crippen LogP contribution in [0, 0.1) is 5.92 Å². The molecule has 1 aliphatic heterocycles. The summed E-state index contributed by atoms with van der Waals surface area (Å²) in [5.74, 6) is 0.903. The van der Waals surface area contributed by atoms with Crippen LogP contribution in [0.15, 0.2) is 0 Å². The van der Waals surface area contributed by atoms with Gasteiger partial charge in [-0.2, -0.15) is 0 Å². The minimum absolute atomic E-state index is 0.764. The quantitative estimate of drug-likeness (QED) is 0.478. The Hall–Kier alpha value is -0.0400. The fourth-order valence-corrected chi connectivity index (χ4v) is 0.990. The second-order valence-electron chi connectivity index (χ2n) is 2.51. The van der Waals surface area contributed by atoms with Gasteiger partial charge in [-0.05, 0) is 25.8 Å². The average Bonchev–Trinajstić information content (AvgIpc) is 1.91. The number of nitrogens with one attached hydrogen (secondary N) is 1. The van der Waals surface area contributed by atoms with Gasteiger partial charge in [-0.3, -0.25) is 0 Å². The topological polar surface area (TPSA) is 12.0 Å². The van der Waals surface area contributed by atoms with E-state index in [9.17, 15) is 0 Å². The minimum atomic E-state index is 0.764. The normalized spacial score (nSPS) is 42.0. The maximum absolute atomic E-state index is 3.37. The standard InChI is InChI=1S/C6H13N/c1-5-3-4-7-6(5)2/h5-7H,3-4H2,1-2H3/t5-,6+/m0/s1. The van der Waals surface area contributed by atoms with Crippen molar-refractivity contribution >= 4 is 0 Å². The van der Waals surface area contributed by atoms with Crippen molar-refractivity contribution in [2.45, 2.75) is 26.3 Å². The van der Waals surface area contributed by atoms with Crippen molar-refractivity contribution in [3.8, 4) is 0 Å². The lowest BCUT2D eigenvalue weighted by Gasteiger charge is -2.05. The van der Waals surface area contributed by atoms with Gasteiger partial charge in [0.1, 0.15) is 0 Å². The molecular weight excluding hydrogens is 86.1 g/mol. The Morgan fingerprint density at radius 2 is 2.14 bits per heavy atom. The predicted molar refractivity (Wildman–Crippen MR) is 31.2 cm³/mol. The maximum atomic E-state index is 3.37. The Bertz CT molecular complexity index is 53.2. The van der Waals surface area contributed by atoms with E-state index in [0.717, 1.165) is 12.0 Å². The Labute approximate surface area is 45.1 Å². The highest BCUT2D eigenvalue weighted by molar-refractivity contribution is 4.75.